The van der Waals surface area contributed by atoms with Crippen LogP contribution in [0.5, 0.6) is 0 Å². The van der Waals surface area contributed by atoms with Crippen molar-refractivity contribution in [1.82, 2.24) is 24.8 Å². The predicted molar refractivity (Wildman–Crippen MR) is 132 cm³/mol. The second-order valence-electron chi connectivity index (χ2n) is 9.16. The molecule has 0 bridgehead atoms. The normalized spacial score (nSPS) is 22.5. The molecule has 1 amide bonds. The summed E-state index contributed by atoms with van der Waals surface area (Å²) in [5, 5.41) is 16.7. The number of hydrogen-bond acceptors (Lipinski definition) is 9. The van der Waals surface area contributed by atoms with E-state index in [1.165, 1.54) is 5.57 Å². The third-order valence-corrected chi connectivity index (χ3v) is 7.70. The van der Waals surface area contributed by atoms with E-state index in [2.05, 4.69) is 37.7 Å². The van der Waals surface area contributed by atoms with Gasteiger partial charge in [0.25, 0.3) is 0 Å². The average molecular weight is 478 g/mol. The van der Waals surface area contributed by atoms with Gasteiger partial charge in [-0.2, -0.15) is 0 Å². The maximum Gasteiger partial charge on any atom is 0.237 e. The van der Waals surface area contributed by atoms with Crippen molar-refractivity contribution in [2.45, 2.75) is 31.4 Å². The van der Waals surface area contributed by atoms with Crippen LogP contribution in [0.25, 0.3) is 10.2 Å². The maximum absolute atomic E-state index is 12.7. The van der Waals surface area contributed by atoms with Crippen molar-refractivity contribution >= 4 is 44.8 Å². The number of thiazole rings is 1. The number of aliphatic hydroxyl groups is 1. The Hall–Kier alpha value is -3.08. The van der Waals surface area contributed by atoms with E-state index in [1.807, 2.05) is 27.4 Å². The van der Waals surface area contributed by atoms with Gasteiger partial charge in [0.15, 0.2) is 0 Å². The summed E-state index contributed by atoms with van der Waals surface area (Å²) < 4.78 is 1.14. The molecule has 10 heteroatoms. The highest BCUT2D eigenvalue weighted by atomic mass is 32.1. The zero-order valence-corrected chi connectivity index (χ0v) is 19.6. The molecule has 3 aliphatic rings. The van der Waals surface area contributed by atoms with Gasteiger partial charge in [0.1, 0.15) is 18.0 Å². The predicted octanol–water partition coefficient (Wildman–Crippen LogP) is 2.39. The summed E-state index contributed by atoms with van der Waals surface area (Å²) in [6.07, 6.45) is 5.89. The smallest absolute Gasteiger partial charge is 0.237 e. The van der Waals surface area contributed by atoms with Gasteiger partial charge in [-0.05, 0) is 36.6 Å². The number of fused-ring (bicyclic) bond motifs is 2. The van der Waals surface area contributed by atoms with E-state index >= 15 is 0 Å². The molecule has 1 fully saturated rings. The van der Waals surface area contributed by atoms with Crippen LogP contribution in [0.1, 0.15) is 18.4 Å². The van der Waals surface area contributed by atoms with Gasteiger partial charge in [-0.15, -0.1) is 11.3 Å². The van der Waals surface area contributed by atoms with E-state index in [0.717, 1.165) is 65.5 Å². The number of aliphatic hydroxyl groups excluding tert-OH is 1. The minimum atomic E-state index is -0.297. The van der Waals surface area contributed by atoms with Gasteiger partial charge in [0.2, 0.25) is 5.91 Å². The van der Waals surface area contributed by atoms with Crippen LogP contribution in [0.4, 0.5) is 17.3 Å². The standard InChI is InChI=1S/C24H27N7O2S/c32-17-5-6-30(11-17)12-22(33)31-7-3-15(4-8-31)20-10-18-23(25-13-26-24(18)29-20)28-16-1-2-19-21(9-16)34-14-27-19/h1-3,9,13-14,17,20,32H,4-8,10-12H2,(H2,25,26,28,29). The maximum atomic E-state index is 12.7. The van der Waals surface area contributed by atoms with E-state index < -0.39 is 0 Å². The lowest BCUT2D eigenvalue weighted by atomic mass is 9.97. The van der Waals surface area contributed by atoms with Crippen molar-refractivity contribution in [3.05, 3.63) is 47.2 Å². The Morgan fingerprint density at radius 1 is 1.26 bits per heavy atom. The molecule has 0 aliphatic carbocycles. The number of rotatable bonds is 5. The summed E-state index contributed by atoms with van der Waals surface area (Å²) in [5.41, 5.74) is 6.24. The summed E-state index contributed by atoms with van der Waals surface area (Å²) in [6.45, 7) is 3.14. The monoisotopic (exact) mass is 477 g/mol. The van der Waals surface area contributed by atoms with Crippen molar-refractivity contribution in [2.24, 2.45) is 0 Å². The SMILES string of the molecule is O=C(CN1CCC(O)C1)N1CC=C(C2Cc3c(Nc4ccc5ncsc5c4)ncnc3N2)CC1. The number of nitrogens with one attached hydrogen (secondary N) is 2. The number of likely N-dealkylation sites (tertiary alicyclic amines) is 1. The van der Waals surface area contributed by atoms with Crippen LogP contribution < -0.4 is 10.6 Å². The van der Waals surface area contributed by atoms with E-state index in [0.29, 0.717) is 19.6 Å². The summed E-state index contributed by atoms with van der Waals surface area (Å²) in [5.74, 6) is 1.83. The number of hydrogen-bond donors (Lipinski definition) is 3. The minimum absolute atomic E-state index is 0.141. The molecule has 9 nitrogen and oxygen atoms in total. The number of aromatic nitrogens is 3. The molecule has 1 aromatic carbocycles. The van der Waals surface area contributed by atoms with Crippen molar-refractivity contribution in [1.29, 1.82) is 0 Å². The van der Waals surface area contributed by atoms with Crippen LogP contribution in [0.15, 0.2) is 41.7 Å². The van der Waals surface area contributed by atoms with E-state index in [4.69, 9.17) is 0 Å². The molecule has 0 spiro atoms. The lowest BCUT2D eigenvalue weighted by molar-refractivity contribution is -0.131. The molecule has 0 saturated carbocycles. The fourth-order valence-corrected chi connectivity index (χ4v) is 5.74. The average Bonchev–Trinajstić information content (AvgIpc) is 3.59. The first-order valence-corrected chi connectivity index (χ1v) is 12.6. The first-order valence-electron chi connectivity index (χ1n) is 11.7. The summed E-state index contributed by atoms with van der Waals surface area (Å²) in [7, 11) is 0. The molecule has 3 N–H and O–H groups in total. The minimum Gasteiger partial charge on any atom is -0.392 e. The Morgan fingerprint density at radius 3 is 3.03 bits per heavy atom. The Balaban J connectivity index is 1.11. The van der Waals surface area contributed by atoms with Crippen LogP contribution in [0, 0.1) is 0 Å². The molecule has 176 valence electrons. The van der Waals surface area contributed by atoms with E-state index in [1.54, 1.807) is 17.7 Å². The van der Waals surface area contributed by atoms with Gasteiger partial charge in [0.05, 0.1) is 34.4 Å². The molecule has 0 radical (unpaired) electrons. The largest absolute Gasteiger partial charge is 0.392 e. The fourth-order valence-electron chi connectivity index (χ4n) is 5.03. The van der Waals surface area contributed by atoms with Gasteiger partial charge >= 0.3 is 0 Å². The van der Waals surface area contributed by atoms with Gasteiger partial charge in [0, 0.05) is 43.9 Å². The summed E-state index contributed by atoms with van der Waals surface area (Å²) in [4.78, 5) is 30.0. The lowest BCUT2D eigenvalue weighted by Crippen LogP contribution is -2.42. The lowest BCUT2D eigenvalue weighted by Gasteiger charge is -2.30. The Bertz CT molecular complexity index is 1260. The Kier molecular flexibility index (Phi) is 5.64. The fraction of sp³-hybridized carbons (Fsp3) is 0.417. The number of β-amino-alcohol motifs (C(OH)–C–C–N with tert-alkyl or cyclic N) is 1. The van der Waals surface area contributed by atoms with Crippen LogP contribution in [0.2, 0.25) is 0 Å². The van der Waals surface area contributed by atoms with Crippen LogP contribution in [-0.4, -0.2) is 80.6 Å². The second-order valence-corrected chi connectivity index (χ2v) is 10.0. The van der Waals surface area contributed by atoms with Crippen LogP contribution in [-0.2, 0) is 11.2 Å². The van der Waals surface area contributed by atoms with Crippen molar-refractivity contribution in [3.63, 3.8) is 0 Å². The molecule has 5 heterocycles. The molecular formula is C24H27N7O2S. The quantitative estimate of drug-likeness (QED) is 0.481. The molecule has 3 aromatic rings. The third-order valence-electron chi connectivity index (χ3n) is 6.91. The highest BCUT2D eigenvalue weighted by Gasteiger charge is 2.31. The van der Waals surface area contributed by atoms with Gasteiger partial charge in [-0.1, -0.05) is 6.08 Å². The van der Waals surface area contributed by atoms with E-state index in [-0.39, 0.29) is 18.1 Å². The number of carbonyl (C=O) groups excluding carboxylic acids is 1. The van der Waals surface area contributed by atoms with Gasteiger partial charge in [-0.25, -0.2) is 15.0 Å². The van der Waals surface area contributed by atoms with Gasteiger partial charge < -0.3 is 20.6 Å². The summed E-state index contributed by atoms with van der Waals surface area (Å²) >= 11 is 1.62. The third kappa shape index (κ3) is 4.24. The zero-order chi connectivity index (χ0) is 23.1. The molecule has 34 heavy (non-hydrogen) atoms. The molecule has 3 aliphatic heterocycles. The molecular weight excluding hydrogens is 450 g/mol. The molecule has 6 rings (SSSR count). The van der Waals surface area contributed by atoms with Crippen LogP contribution >= 0.6 is 11.3 Å². The van der Waals surface area contributed by atoms with E-state index in [9.17, 15) is 9.90 Å². The topological polar surface area (TPSA) is 107 Å². The summed E-state index contributed by atoms with van der Waals surface area (Å²) in [6, 6.07) is 6.30. The van der Waals surface area contributed by atoms with Crippen molar-refractivity contribution in [2.75, 3.05) is 43.4 Å². The van der Waals surface area contributed by atoms with Crippen molar-refractivity contribution < 1.29 is 9.90 Å². The second kappa shape index (κ2) is 8.94. The highest BCUT2D eigenvalue weighted by Crippen LogP contribution is 2.34. The molecule has 2 atom stereocenters. The Morgan fingerprint density at radius 2 is 2.21 bits per heavy atom. The first-order chi connectivity index (χ1) is 16.6. The Labute approximate surface area is 201 Å². The highest BCUT2D eigenvalue weighted by molar-refractivity contribution is 7.16. The van der Waals surface area contributed by atoms with Gasteiger partial charge in [-0.3, -0.25) is 9.69 Å². The van der Waals surface area contributed by atoms with Crippen molar-refractivity contribution in [3.8, 4) is 0 Å². The molecule has 2 aromatic heterocycles. The number of anilines is 3. The first kappa shape index (κ1) is 21.5. The number of nitrogens with zero attached hydrogens (tertiary/aromatic N) is 5. The molecule has 2 unspecified atom stereocenters. The number of carbonyl (C=O) groups is 1. The molecule has 1 saturated heterocycles. The number of benzene rings is 1. The number of amides is 1. The van der Waals surface area contributed by atoms with Crippen LogP contribution in [0.3, 0.4) is 0 Å². The zero-order valence-electron chi connectivity index (χ0n) is 18.8.